The van der Waals surface area contributed by atoms with Crippen molar-refractivity contribution in [2.75, 3.05) is 5.32 Å². The molecule has 0 bridgehead atoms. The van der Waals surface area contributed by atoms with Crippen LogP contribution in [-0.2, 0) is 6.54 Å². The normalized spacial score (nSPS) is 11.2. The third-order valence-electron chi connectivity index (χ3n) is 4.57. The van der Waals surface area contributed by atoms with Crippen molar-refractivity contribution in [3.8, 4) is 0 Å². The summed E-state index contributed by atoms with van der Waals surface area (Å²) in [6.07, 6.45) is 0. The molecule has 0 saturated heterocycles. The van der Waals surface area contributed by atoms with Crippen molar-refractivity contribution in [2.45, 2.75) is 40.2 Å². The third-order valence-corrected chi connectivity index (χ3v) is 4.80. The van der Waals surface area contributed by atoms with Crippen molar-refractivity contribution in [2.24, 2.45) is 0 Å². The van der Waals surface area contributed by atoms with Crippen LogP contribution in [0.2, 0.25) is 5.02 Å². The predicted octanol–water partition coefficient (Wildman–Crippen LogP) is 3.44. The lowest BCUT2D eigenvalue weighted by atomic mass is 10.0. The van der Waals surface area contributed by atoms with Crippen LogP contribution in [0.5, 0.6) is 0 Å². The van der Waals surface area contributed by atoms with Gasteiger partial charge in [-0.05, 0) is 43.5 Å². The predicted molar refractivity (Wildman–Crippen MR) is 111 cm³/mol. The Kier molecular flexibility index (Phi) is 5.38. The van der Waals surface area contributed by atoms with E-state index in [-0.39, 0.29) is 22.5 Å². The molecule has 0 radical (unpaired) electrons. The molecule has 0 unspecified atom stereocenters. The first-order chi connectivity index (χ1) is 13.2. The maximum atomic E-state index is 13.1. The summed E-state index contributed by atoms with van der Waals surface area (Å²) < 4.78 is 1.35. The molecular formula is C20H21ClN4O3. The first kappa shape index (κ1) is 19.8. The zero-order valence-corrected chi connectivity index (χ0v) is 16.8. The monoisotopic (exact) mass is 400 g/mol. The summed E-state index contributed by atoms with van der Waals surface area (Å²) in [5, 5.41) is 3.39. The number of aromatic amines is 1. The van der Waals surface area contributed by atoms with Crippen LogP contribution in [0.25, 0.3) is 11.0 Å². The summed E-state index contributed by atoms with van der Waals surface area (Å²) in [6.45, 7) is 7.79. The molecule has 8 heteroatoms. The lowest BCUT2D eigenvalue weighted by molar-refractivity contribution is 0.102. The summed E-state index contributed by atoms with van der Waals surface area (Å²) in [7, 11) is 0. The van der Waals surface area contributed by atoms with E-state index in [0.29, 0.717) is 22.9 Å². The van der Waals surface area contributed by atoms with Crippen molar-refractivity contribution in [3.05, 3.63) is 66.9 Å². The Hall–Kier alpha value is -2.93. The van der Waals surface area contributed by atoms with E-state index < -0.39 is 17.2 Å². The van der Waals surface area contributed by atoms with E-state index in [0.717, 1.165) is 5.56 Å². The maximum Gasteiger partial charge on any atom is 0.329 e. The maximum absolute atomic E-state index is 13.1. The number of H-pyrrole nitrogens is 1. The molecule has 2 N–H and O–H groups in total. The van der Waals surface area contributed by atoms with Crippen molar-refractivity contribution in [1.29, 1.82) is 0 Å². The zero-order valence-electron chi connectivity index (χ0n) is 16.1. The highest BCUT2D eigenvalue weighted by Crippen LogP contribution is 2.24. The molecule has 2 aromatic heterocycles. The lowest BCUT2D eigenvalue weighted by Gasteiger charge is -2.15. The summed E-state index contributed by atoms with van der Waals surface area (Å²) in [4.78, 5) is 44.6. The number of nitrogens with one attached hydrogen (secondary N) is 2. The fraction of sp³-hybridized carbons (Fsp3) is 0.300. The number of rotatable bonds is 4. The molecule has 2 heterocycles. The van der Waals surface area contributed by atoms with Crippen LogP contribution in [-0.4, -0.2) is 20.4 Å². The first-order valence-electron chi connectivity index (χ1n) is 8.98. The highest BCUT2D eigenvalue weighted by molar-refractivity contribution is 6.31. The average Bonchev–Trinajstić information content (AvgIpc) is 2.63. The topological polar surface area (TPSA) is 96.9 Å². The number of nitrogens with zero attached hydrogens (tertiary/aromatic N) is 2. The van der Waals surface area contributed by atoms with Crippen LogP contribution in [0.4, 0.5) is 5.69 Å². The molecule has 0 aliphatic heterocycles. The molecule has 146 valence electrons. The van der Waals surface area contributed by atoms with Crippen molar-refractivity contribution >= 4 is 34.2 Å². The minimum atomic E-state index is -0.638. The molecule has 1 aromatic carbocycles. The van der Waals surface area contributed by atoms with E-state index in [1.54, 1.807) is 31.2 Å². The number of benzene rings is 1. The van der Waals surface area contributed by atoms with Gasteiger partial charge in [0.2, 0.25) is 0 Å². The number of carbonyl (C=O) groups excluding carboxylic acids is 1. The number of pyridine rings is 1. The second-order valence-corrected chi connectivity index (χ2v) is 7.30. The Morgan fingerprint density at radius 3 is 2.64 bits per heavy atom. The van der Waals surface area contributed by atoms with Crippen LogP contribution in [0.15, 0.2) is 33.9 Å². The molecule has 0 aliphatic carbocycles. The van der Waals surface area contributed by atoms with E-state index in [1.807, 2.05) is 20.8 Å². The Morgan fingerprint density at radius 2 is 2.00 bits per heavy atom. The van der Waals surface area contributed by atoms with Crippen LogP contribution < -0.4 is 16.6 Å². The number of halogens is 1. The quantitative estimate of drug-likeness (QED) is 0.701. The van der Waals surface area contributed by atoms with Gasteiger partial charge in [-0.2, -0.15) is 0 Å². The number of amides is 1. The highest BCUT2D eigenvalue weighted by atomic mass is 35.5. The molecular weight excluding hydrogens is 380 g/mol. The molecule has 1 amide bonds. The molecule has 0 fully saturated rings. The number of hydrogen-bond donors (Lipinski definition) is 2. The fourth-order valence-corrected chi connectivity index (χ4v) is 3.15. The van der Waals surface area contributed by atoms with Crippen molar-refractivity contribution in [3.63, 3.8) is 0 Å². The van der Waals surface area contributed by atoms with Crippen molar-refractivity contribution in [1.82, 2.24) is 14.5 Å². The summed E-state index contributed by atoms with van der Waals surface area (Å²) in [6, 6.07) is 6.77. The van der Waals surface area contributed by atoms with Gasteiger partial charge in [0.1, 0.15) is 0 Å². The van der Waals surface area contributed by atoms with Gasteiger partial charge < -0.3 is 5.32 Å². The van der Waals surface area contributed by atoms with E-state index in [4.69, 9.17) is 11.6 Å². The number of anilines is 1. The smallest absolute Gasteiger partial charge is 0.322 e. The van der Waals surface area contributed by atoms with E-state index in [1.165, 1.54) is 4.57 Å². The summed E-state index contributed by atoms with van der Waals surface area (Å²) in [5.74, 6) is -0.463. The number of aromatic nitrogens is 3. The van der Waals surface area contributed by atoms with Gasteiger partial charge in [0.15, 0.2) is 5.65 Å². The number of carbonyl (C=O) groups is 1. The highest BCUT2D eigenvalue weighted by Gasteiger charge is 2.20. The summed E-state index contributed by atoms with van der Waals surface area (Å²) >= 11 is 6.04. The Labute approximate surface area is 166 Å². The third kappa shape index (κ3) is 3.57. The van der Waals surface area contributed by atoms with E-state index >= 15 is 0 Å². The van der Waals surface area contributed by atoms with Crippen LogP contribution in [0.3, 0.4) is 0 Å². The van der Waals surface area contributed by atoms with Gasteiger partial charge in [0, 0.05) is 22.9 Å². The van der Waals surface area contributed by atoms with Gasteiger partial charge in [0.25, 0.3) is 11.5 Å². The standard InChI is InChI=1S/C20H21ClN4O3/c1-5-25-17-16(19(27)24-20(25)28)13(9-14(22-17)10(2)3)18(26)23-15-8-12(21)7-6-11(15)4/h6-10H,5H2,1-4H3,(H,23,26)(H,24,27,28). The number of aryl methyl sites for hydroxylation is 2. The summed E-state index contributed by atoms with van der Waals surface area (Å²) in [5.41, 5.74) is 1.18. The Balaban J connectivity index is 2.27. The van der Waals surface area contributed by atoms with Gasteiger partial charge in [-0.3, -0.25) is 19.1 Å². The Bertz CT molecular complexity index is 1190. The molecule has 0 spiro atoms. The SMILES string of the molecule is CCn1c(=O)[nH]c(=O)c2c(C(=O)Nc3cc(Cl)ccc3C)cc(C(C)C)nc21. The molecule has 3 rings (SSSR count). The van der Waals surface area contributed by atoms with Gasteiger partial charge in [-0.15, -0.1) is 0 Å². The molecule has 3 aromatic rings. The minimum Gasteiger partial charge on any atom is -0.322 e. The van der Waals surface area contributed by atoms with Crippen molar-refractivity contribution < 1.29 is 4.79 Å². The van der Waals surface area contributed by atoms with E-state index in [2.05, 4.69) is 15.3 Å². The van der Waals surface area contributed by atoms with Gasteiger partial charge >= 0.3 is 5.69 Å². The average molecular weight is 401 g/mol. The van der Waals surface area contributed by atoms with Crippen LogP contribution in [0.1, 0.15) is 48.3 Å². The molecule has 0 aliphatic rings. The number of hydrogen-bond acceptors (Lipinski definition) is 4. The minimum absolute atomic E-state index is 0.00329. The second kappa shape index (κ2) is 7.59. The molecule has 28 heavy (non-hydrogen) atoms. The lowest BCUT2D eigenvalue weighted by Crippen LogP contribution is -2.32. The zero-order chi connectivity index (χ0) is 20.6. The molecule has 7 nitrogen and oxygen atoms in total. The first-order valence-corrected chi connectivity index (χ1v) is 9.36. The fourth-order valence-electron chi connectivity index (χ4n) is 2.98. The second-order valence-electron chi connectivity index (χ2n) is 6.86. The molecule has 0 atom stereocenters. The number of fused-ring (bicyclic) bond motifs is 1. The van der Waals surface area contributed by atoms with Gasteiger partial charge in [-0.25, -0.2) is 9.78 Å². The Morgan fingerprint density at radius 1 is 1.29 bits per heavy atom. The van der Waals surface area contributed by atoms with Crippen LogP contribution >= 0.6 is 11.6 Å². The van der Waals surface area contributed by atoms with Crippen LogP contribution in [0, 0.1) is 6.92 Å². The molecule has 0 saturated carbocycles. The van der Waals surface area contributed by atoms with Gasteiger partial charge in [-0.1, -0.05) is 31.5 Å². The van der Waals surface area contributed by atoms with E-state index in [9.17, 15) is 14.4 Å². The van der Waals surface area contributed by atoms with Gasteiger partial charge in [0.05, 0.1) is 10.9 Å². The largest absolute Gasteiger partial charge is 0.329 e.